The number of piperazine rings is 1. The summed E-state index contributed by atoms with van der Waals surface area (Å²) in [5, 5.41) is 8.81. The van der Waals surface area contributed by atoms with Crippen molar-refractivity contribution < 1.29 is 14.4 Å². The van der Waals surface area contributed by atoms with Crippen LogP contribution in [0.25, 0.3) is 0 Å². The van der Waals surface area contributed by atoms with Gasteiger partial charge in [0.2, 0.25) is 11.8 Å². The monoisotopic (exact) mass is 449 g/mol. The molecule has 3 N–H and O–H groups in total. The van der Waals surface area contributed by atoms with Gasteiger partial charge < -0.3 is 16.0 Å². The maximum atomic E-state index is 12.7. The van der Waals surface area contributed by atoms with E-state index < -0.39 is 0 Å². The van der Waals surface area contributed by atoms with Gasteiger partial charge in [-0.2, -0.15) is 0 Å². The highest BCUT2D eigenvalue weighted by Crippen LogP contribution is 2.18. The quantitative estimate of drug-likeness (QED) is 0.539. The molecule has 0 atom stereocenters. The van der Waals surface area contributed by atoms with Gasteiger partial charge in [-0.3, -0.25) is 24.2 Å². The summed E-state index contributed by atoms with van der Waals surface area (Å²) < 4.78 is 0. The fourth-order valence-corrected chi connectivity index (χ4v) is 3.87. The van der Waals surface area contributed by atoms with Crippen LogP contribution < -0.4 is 16.0 Å². The average Bonchev–Trinajstić information content (AvgIpc) is 3.63. The van der Waals surface area contributed by atoms with E-state index in [1.54, 1.807) is 24.3 Å². The summed E-state index contributed by atoms with van der Waals surface area (Å²) in [5.74, 6) is -0.295. The van der Waals surface area contributed by atoms with Crippen molar-refractivity contribution in [2.24, 2.45) is 0 Å². The van der Waals surface area contributed by atoms with Crippen molar-refractivity contribution in [3.8, 4) is 0 Å². The molecular weight excluding hydrogens is 418 g/mol. The van der Waals surface area contributed by atoms with Crippen LogP contribution in [-0.2, 0) is 16.1 Å². The van der Waals surface area contributed by atoms with Gasteiger partial charge in [0, 0.05) is 38.8 Å². The molecule has 3 amide bonds. The molecule has 1 aliphatic heterocycles. The van der Waals surface area contributed by atoms with Crippen molar-refractivity contribution in [3.05, 3.63) is 65.7 Å². The Balaban J connectivity index is 1.23. The van der Waals surface area contributed by atoms with Crippen LogP contribution in [0, 0.1) is 0 Å². The Bertz CT molecular complexity index is 969. The number of nitrogens with one attached hydrogen (secondary N) is 3. The van der Waals surface area contributed by atoms with Gasteiger partial charge in [-0.25, -0.2) is 0 Å². The topological polar surface area (TPSA) is 93.8 Å². The van der Waals surface area contributed by atoms with E-state index in [9.17, 15) is 14.4 Å². The van der Waals surface area contributed by atoms with Gasteiger partial charge in [0.1, 0.15) is 0 Å². The molecule has 0 aromatic heterocycles. The van der Waals surface area contributed by atoms with Crippen LogP contribution in [0.1, 0.15) is 28.8 Å². The number of hydrogen-bond acceptors (Lipinski definition) is 5. The van der Waals surface area contributed by atoms with Crippen LogP contribution in [0.15, 0.2) is 54.6 Å². The summed E-state index contributed by atoms with van der Waals surface area (Å²) in [7, 11) is 0. The molecule has 0 unspecified atom stereocenters. The van der Waals surface area contributed by atoms with Gasteiger partial charge in [0.05, 0.1) is 24.3 Å². The summed E-state index contributed by atoms with van der Waals surface area (Å²) >= 11 is 0. The van der Waals surface area contributed by atoms with Crippen molar-refractivity contribution in [2.75, 3.05) is 44.6 Å². The molecule has 8 heteroatoms. The first-order valence-corrected chi connectivity index (χ1v) is 11.5. The maximum absolute atomic E-state index is 12.7. The molecule has 2 aromatic rings. The van der Waals surface area contributed by atoms with Crippen LogP contribution in [0.5, 0.6) is 0 Å². The third kappa shape index (κ3) is 7.13. The maximum Gasteiger partial charge on any atom is 0.253 e. The Morgan fingerprint density at radius 3 is 2.06 bits per heavy atom. The number of amides is 3. The lowest BCUT2D eigenvalue weighted by Gasteiger charge is -2.33. The van der Waals surface area contributed by atoms with Crippen LogP contribution in [-0.4, -0.2) is 72.8 Å². The fourth-order valence-electron chi connectivity index (χ4n) is 3.87. The SMILES string of the molecule is O=C(CN1CCN(CC(=O)NC2CC2)CC1)Nc1ccccc1C(=O)NCc1ccccc1. The van der Waals surface area contributed by atoms with Gasteiger partial charge in [-0.15, -0.1) is 0 Å². The van der Waals surface area contributed by atoms with Gasteiger partial charge in [0.15, 0.2) is 0 Å². The van der Waals surface area contributed by atoms with Gasteiger partial charge >= 0.3 is 0 Å². The molecule has 0 bridgehead atoms. The van der Waals surface area contributed by atoms with E-state index in [0.717, 1.165) is 44.6 Å². The Hall–Kier alpha value is -3.23. The summed E-state index contributed by atoms with van der Waals surface area (Å²) in [6, 6.07) is 17.1. The molecule has 4 rings (SSSR count). The molecule has 0 radical (unpaired) electrons. The van der Waals surface area contributed by atoms with Crippen LogP contribution >= 0.6 is 0 Å². The first-order valence-electron chi connectivity index (χ1n) is 11.5. The highest BCUT2D eigenvalue weighted by Gasteiger charge is 2.25. The Labute approximate surface area is 194 Å². The molecular formula is C25H31N5O3. The largest absolute Gasteiger partial charge is 0.352 e. The number of hydrogen-bond donors (Lipinski definition) is 3. The molecule has 2 aliphatic rings. The molecule has 2 fully saturated rings. The minimum absolute atomic E-state index is 0.0887. The molecule has 1 aliphatic carbocycles. The molecule has 33 heavy (non-hydrogen) atoms. The van der Waals surface area contributed by atoms with Crippen LogP contribution in [0.2, 0.25) is 0 Å². The van der Waals surface area contributed by atoms with E-state index in [1.807, 2.05) is 30.3 Å². The molecule has 1 heterocycles. The molecule has 1 saturated heterocycles. The molecule has 1 saturated carbocycles. The van der Waals surface area contributed by atoms with Gasteiger partial charge in [-0.1, -0.05) is 42.5 Å². The van der Waals surface area contributed by atoms with E-state index in [-0.39, 0.29) is 24.3 Å². The number of carbonyl (C=O) groups is 3. The highest BCUT2D eigenvalue weighted by molar-refractivity contribution is 6.04. The summed E-state index contributed by atoms with van der Waals surface area (Å²) in [6.07, 6.45) is 2.18. The van der Waals surface area contributed by atoms with Crippen LogP contribution in [0.3, 0.4) is 0 Å². The predicted molar refractivity (Wildman–Crippen MR) is 127 cm³/mol. The second-order valence-electron chi connectivity index (χ2n) is 8.66. The van der Waals surface area contributed by atoms with Crippen molar-refractivity contribution in [2.45, 2.75) is 25.4 Å². The minimum Gasteiger partial charge on any atom is -0.352 e. The highest BCUT2D eigenvalue weighted by atomic mass is 16.2. The third-order valence-corrected chi connectivity index (χ3v) is 5.88. The van der Waals surface area contributed by atoms with E-state index in [0.29, 0.717) is 30.4 Å². The van der Waals surface area contributed by atoms with Crippen molar-refractivity contribution in [3.63, 3.8) is 0 Å². The predicted octanol–water partition coefficient (Wildman–Crippen LogP) is 1.45. The number of carbonyl (C=O) groups excluding carboxylic acids is 3. The lowest BCUT2D eigenvalue weighted by molar-refractivity contribution is -0.123. The first-order chi connectivity index (χ1) is 16.1. The molecule has 174 valence electrons. The van der Waals surface area contributed by atoms with Gasteiger partial charge in [0.25, 0.3) is 5.91 Å². The summed E-state index contributed by atoms with van der Waals surface area (Å²) in [5.41, 5.74) is 1.95. The second-order valence-corrected chi connectivity index (χ2v) is 8.66. The Morgan fingerprint density at radius 1 is 0.788 bits per heavy atom. The first kappa shape index (κ1) is 22.9. The second kappa shape index (κ2) is 11.1. The number of anilines is 1. The van der Waals surface area contributed by atoms with Crippen molar-refractivity contribution in [1.82, 2.24) is 20.4 Å². The van der Waals surface area contributed by atoms with Crippen molar-refractivity contribution >= 4 is 23.4 Å². The summed E-state index contributed by atoms with van der Waals surface area (Å²) in [6.45, 7) is 4.05. The van der Waals surface area contributed by atoms with Gasteiger partial charge in [-0.05, 0) is 30.5 Å². The summed E-state index contributed by atoms with van der Waals surface area (Å²) in [4.78, 5) is 41.5. The van der Waals surface area contributed by atoms with Crippen LogP contribution in [0.4, 0.5) is 5.69 Å². The number of benzene rings is 2. The minimum atomic E-state index is -0.229. The van der Waals surface area contributed by atoms with E-state index in [4.69, 9.17) is 0 Å². The lowest BCUT2D eigenvalue weighted by Crippen LogP contribution is -2.51. The smallest absolute Gasteiger partial charge is 0.253 e. The Kier molecular flexibility index (Phi) is 7.70. The molecule has 2 aromatic carbocycles. The zero-order valence-electron chi connectivity index (χ0n) is 18.8. The molecule has 0 spiro atoms. The number of nitrogens with zero attached hydrogens (tertiary/aromatic N) is 2. The van der Waals surface area contributed by atoms with Crippen molar-refractivity contribution in [1.29, 1.82) is 0 Å². The van der Waals surface area contributed by atoms with E-state index in [1.165, 1.54) is 0 Å². The average molecular weight is 450 g/mol. The lowest BCUT2D eigenvalue weighted by atomic mass is 10.1. The standard InChI is InChI=1S/C25H31N5O3/c31-23(27-20-10-11-20)17-29-12-14-30(15-13-29)18-24(32)28-22-9-5-4-8-21(22)25(33)26-16-19-6-2-1-3-7-19/h1-9,20H,10-18H2,(H,26,33)(H,27,31)(H,28,32). The molecule has 8 nitrogen and oxygen atoms in total. The van der Waals surface area contributed by atoms with E-state index >= 15 is 0 Å². The number of para-hydroxylation sites is 1. The van der Waals surface area contributed by atoms with E-state index in [2.05, 4.69) is 25.8 Å². The zero-order valence-corrected chi connectivity index (χ0v) is 18.8. The third-order valence-electron chi connectivity index (χ3n) is 5.88. The zero-order chi connectivity index (χ0) is 23.0. The fraction of sp³-hybridized carbons (Fsp3) is 0.400. The normalized spacial score (nSPS) is 16.7. The number of rotatable bonds is 9. The Morgan fingerprint density at radius 2 is 1.39 bits per heavy atom.